The van der Waals surface area contributed by atoms with Crippen molar-refractivity contribution in [2.45, 2.75) is 34.2 Å². The fourth-order valence-electron chi connectivity index (χ4n) is 2.45. The number of likely N-dealkylation sites (N-methyl/N-ethyl adjacent to an activating group) is 1. The number of ketones is 1. The number of hydrogen-bond donors (Lipinski definition) is 0. The molecule has 1 aromatic carbocycles. The van der Waals surface area contributed by atoms with Crippen LogP contribution in [-0.2, 0) is 6.54 Å². The molecule has 0 saturated carbocycles. The number of hydrogen-bond acceptors (Lipinski definition) is 3. The first-order valence-corrected chi connectivity index (χ1v) is 7.37. The lowest BCUT2D eigenvalue weighted by molar-refractivity contribution is 0.0924. The summed E-state index contributed by atoms with van der Waals surface area (Å²) in [6, 6.07) is 7.91. The number of Topliss-reactive ketones (excluding diaryl/α,β-unsaturated/α-hetero) is 1. The minimum Gasteiger partial charge on any atom is -0.468 e. The van der Waals surface area contributed by atoms with Gasteiger partial charge in [0.25, 0.3) is 0 Å². The van der Waals surface area contributed by atoms with Gasteiger partial charge in [-0.25, -0.2) is 0 Å². The molecule has 0 aliphatic carbocycles. The van der Waals surface area contributed by atoms with Crippen molar-refractivity contribution in [3.63, 3.8) is 0 Å². The topological polar surface area (TPSA) is 33.5 Å². The molecule has 2 rings (SSSR count). The normalized spacial score (nSPS) is 11.1. The highest BCUT2D eigenvalue weighted by atomic mass is 16.3. The molecular formula is C18H23NO2. The van der Waals surface area contributed by atoms with E-state index in [1.165, 1.54) is 5.56 Å². The van der Waals surface area contributed by atoms with Crippen molar-refractivity contribution in [2.75, 3.05) is 13.1 Å². The highest BCUT2D eigenvalue weighted by molar-refractivity contribution is 5.99. The van der Waals surface area contributed by atoms with E-state index in [0.717, 1.165) is 29.0 Å². The standard InChI is InChI=1S/C18H23NO2/c1-5-19(11-16-7-6-8-21-16)12-18(20)17-10-14(3)13(2)9-15(17)4/h6-10H,5,11-12H2,1-4H3. The van der Waals surface area contributed by atoms with Crippen molar-refractivity contribution in [1.29, 1.82) is 0 Å². The smallest absolute Gasteiger partial charge is 0.177 e. The van der Waals surface area contributed by atoms with Crippen molar-refractivity contribution in [1.82, 2.24) is 4.90 Å². The molecule has 0 unspecified atom stereocenters. The van der Waals surface area contributed by atoms with Crippen LogP contribution in [-0.4, -0.2) is 23.8 Å². The Bertz CT molecular complexity index is 614. The monoisotopic (exact) mass is 285 g/mol. The molecule has 0 amide bonds. The minimum atomic E-state index is 0.170. The summed E-state index contributed by atoms with van der Waals surface area (Å²) in [7, 11) is 0. The van der Waals surface area contributed by atoms with Gasteiger partial charge in [-0.2, -0.15) is 0 Å². The second-order valence-electron chi connectivity index (χ2n) is 5.56. The van der Waals surface area contributed by atoms with E-state index < -0.39 is 0 Å². The van der Waals surface area contributed by atoms with Crippen LogP contribution in [0.3, 0.4) is 0 Å². The second-order valence-corrected chi connectivity index (χ2v) is 5.56. The summed E-state index contributed by atoms with van der Waals surface area (Å²) in [5.74, 6) is 1.06. The van der Waals surface area contributed by atoms with Crippen LogP contribution >= 0.6 is 0 Å². The van der Waals surface area contributed by atoms with Gasteiger partial charge in [-0.3, -0.25) is 9.69 Å². The van der Waals surface area contributed by atoms with Crippen molar-refractivity contribution in [3.05, 3.63) is 58.5 Å². The van der Waals surface area contributed by atoms with Crippen LogP contribution in [0.15, 0.2) is 34.9 Å². The van der Waals surface area contributed by atoms with Gasteiger partial charge in [0.05, 0.1) is 19.4 Å². The fourth-order valence-corrected chi connectivity index (χ4v) is 2.45. The molecule has 3 nitrogen and oxygen atoms in total. The van der Waals surface area contributed by atoms with Crippen LogP contribution in [0.2, 0.25) is 0 Å². The Labute approximate surface area is 126 Å². The summed E-state index contributed by atoms with van der Waals surface area (Å²) >= 11 is 0. The Morgan fingerprint density at radius 3 is 2.48 bits per heavy atom. The van der Waals surface area contributed by atoms with Crippen molar-refractivity contribution in [2.24, 2.45) is 0 Å². The van der Waals surface area contributed by atoms with Crippen LogP contribution in [0.4, 0.5) is 0 Å². The highest BCUT2D eigenvalue weighted by Gasteiger charge is 2.15. The Balaban J connectivity index is 2.11. The van der Waals surface area contributed by atoms with Crippen LogP contribution in [0.5, 0.6) is 0 Å². The van der Waals surface area contributed by atoms with E-state index in [1.807, 2.05) is 32.0 Å². The summed E-state index contributed by atoms with van der Waals surface area (Å²) in [4.78, 5) is 14.6. The number of carbonyl (C=O) groups excluding carboxylic acids is 1. The van der Waals surface area contributed by atoms with Crippen molar-refractivity contribution >= 4 is 5.78 Å². The first-order valence-electron chi connectivity index (χ1n) is 7.37. The van der Waals surface area contributed by atoms with Gasteiger partial charge in [0.15, 0.2) is 5.78 Å². The summed E-state index contributed by atoms with van der Waals surface area (Å²) in [5, 5.41) is 0. The van der Waals surface area contributed by atoms with E-state index in [2.05, 4.69) is 24.8 Å². The fraction of sp³-hybridized carbons (Fsp3) is 0.389. The summed E-state index contributed by atoms with van der Waals surface area (Å²) in [5.41, 5.74) is 4.28. The molecule has 3 heteroatoms. The number of rotatable bonds is 6. The zero-order chi connectivity index (χ0) is 15.4. The van der Waals surface area contributed by atoms with Gasteiger partial charge in [0.2, 0.25) is 0 Å². The summed E-state index contributed by atoms with van der Waals surface area (Å²) in [6.45, 7) is 10.1. The lowest BCUT2D eigenvalue weighted by atomic mass is 9.98. The van der Waals surface area contributed by atoms with Gasteiger partial charge in [0.1, 0.15) is 5.76 Å². The van der Waals surface area contributed by atoms with Crippen LogP contribution in [0.1, 0.15) is 39.7 Å². The van der Waals surface area contributed by atoms with E-state index in [1.54, 1.807) is 6.26 Å². The van der Waals surface area contributed by atoms with Gasteiger partial charge >= 0.3 is 0 Å². The molecule has 112 valence electrons. The number of furan rings is 1. The molecule has 1 heterocycles. The SMILES string of the molecule is CCN(CC(=O)c1cc(C)c(C)cc1C)Cc1ccco1. The minimum absolute atomic E-state index is 0.170. The number of nitrogens with zero attached hydrogens (tertiary/aromatic N) is 1. The van der Waals surface area contributed by atoms with Gasteiger partial charge in [-0.15, -0.1) is 0 Å². The molecule has 0 atom stereocenters. The maximum atomic E-state index is 12.6. The molecule has 0 spiro atoms. The Hall–Kier alpha value is -1.87. The average Bonchev–Trinajstić information content (AvgIpc) is 2.94. The third-order valence-electron chi connectivity index (χ3n) is 3.92. The van der Waals surface area contributed by atoms with Crippen LogP contribution in [0.25, 0.3) is 0 Å². The van der Waals surface area contributed by atoms with E-state index in [0.29, 0.717) is 13.1 Å². The molecule has 0 aliphatic rings. The number of aryl methyl sites for hydroxylation is 3. The zero-order valence-corrected chi connectivity index (χ0v) is 13.3. The van der Waals surface area contributed by atoms with Gasteiger partial charge in [-0.1, -0.05) is 13.0 Å². The molecule has 0 fully saturated rings. The molecule has 0 radical (unpaired) electrons. The molecule has 0 N–H and O–H groups in total. The van der Waals surface area contributed by atoms with Gasteiger partial charge < -0.3 is 4.42 Å². The third-order valence-corrected chi connectivity index (χ3v) is 3.92. The lowest BCUT2D eigenvalue weighted by Gasteiger charge is -2.19. The van der Waals surface area contributed by atoms with Gasteiger partial charge in [-0.05, 0) is 62.2 Å². The van der Waals surface area contributed by atoms with E-state index in [-0.39, 0.29) is 5.78 Å². The molecule has 0 aliphatic heterocycles. The Kier molecular flexibility index (Phi) is 4.97. The van der Waals surface area contributed by atoms with E-state index in [4.69, 9.17) is 4.42 Å². The molecule has 1 aromatic heterocycles. The van der Waals surface area contributed by atoms with Crippen LogP contribution < -0.4 is 0 Å². The molecule has 21 heavy (non-hydrogen) atoms. The molecule has 0 saturated heterocycles. The Morgan fingerprint density at radius 2 is 1.86 bits per heavy atom. The third kappa shape index (κ3) is 3.82. The number of carbonyl (C=O) groups is 1. The maximum absolute atomic E-state index is 12.6. The molecule has 2 aromatic rings. The van der Waals surface area contributed by atoms with E-state index in [9.17, 15) is 4.79 Å². The quantitative estimate of drug-likeness (QED) is 0.754. The first-order chi connectivity index (χ1) is 10.0. The van der Waals surface area contributed by atoms with Gasteiger partial charge in [0, 0.05) is 5.56 Å². The predicted molar refractivity (Wildman–Crippen MR) is 84.6 cm³/mol. The first kappa shape index (κ1) is 15.5. The highest BCUT2D eigenvalue weighted by Crippen LogP contribution is 2.17. The van der Waals surface area contributed by atoms with Crippen LogP contribution in [0, 0.1) is 20.8 Å². The maximum Gasteiger partial charge on any atom is 0.177 e. The van der Waals surface area contributed by atoms with Crippen molar-refractivity contribution < 1.29 is 9.21 Å². The lowest BCUT2D eigenvalue weighted by Crippen LogP contribution is -2.29. The predicted octanol–water partition coefficient (Wildman–Crippen LogP) is 3.91. The number of benzene rings is 1. The largest absolute Gasteiger partial charge is 0.468 e. The summed E-state index contributed by atoms with van der Waals surface area (Å²) in [6.07, 6.45) is 1.67. The zero-order valence-electron chi connectivity index (χ0n) is 13.3. The Morgan fingerprint density at radius 1 is 1.14 bits per heavy atom. The van der Waals surface area contributed by atoms with E-state index >= 15 is 0 Å². The average molecular weight is 285 g/mol. The molecule has 0 bridgehead atoms. The summed E-state index contributed by atoms with van der Waals surface area (Å²) < 4.78 is 5.36. The van der Waals surface area contributed by atoms with Crippen molar-refractivity contribution in [3.8, 4) is 0 Å². The molecular weight excluding hydrogens is 262 g/mol. The second kappa shape index (κ2) is 6.72.